The monoisotopic (exact) mass is 283 g/mol. The predicted molar refractivity (Wildman–Crippen MR) is 70.5 cm³/mol. The standard InChI is InChI=1S/C13H18FN3O3/c1-3-8(2)11(15)13(19)20-17-16-12(18)9-4-6-10(14)7-5-9/h4-8,11,17H,3,15H2,1-2H3,(H,16,18). The number of halogens is 1. The third kappa shape index (κ3) is 4.60. The molecule has 0 aliphatic carbocycles. The van der Waals surface area contributed by atoms with Crippen molar-refractivity contribution in [2.24, 2.45) is 11.7 Å². The molecule has 2 unspecified atom stereocenters. The van der Waals surface area contributed by atoms with Crippen LogP contribution in [0.15, 0.2) is 24.3 Å². The third-order valence-corrected chi connectivity index (χ3v) is 2.95. The lowest BCUT2D eigenvalue weighted by Gasteiger charge is -2.16. The van der Waals surface area contributed by atoms with E-state index in [1.54, 1.807) is 0 Å². The van der Waals surface area contributed by atoms with E-state index in [1.807, 2.05) is 19.4 Å². The Morgan fingerprint density at radius 2 is 1.95 bits per heavy atom. The van der Waals surface area contributed by atoms with Gasteiger partial charge in [0.05, 0.1) is 0 Å². The SMILES string of the molecule is CCC(C)C(N)C(=O)ONNC(=O)c1ccc(F)cc1. The molecule has 0 saturated carbocycles. The highest BCUT2D eigenvalue weighted by Crippen LogP contribution is 2.06. The van der Waals surface area contributed by atoms with E-state index >= 15 is 0 Å². The highest BCUT2D eigenvalue weighted by molar-refractivity contribution is 5.93. The lowest BCUT2D eigenvalue weighted by Crippen LogP contribution is -2.45. The number of hydrogen-bond acceptors (Lipinski definition) is 5. The van der Waals surface area contributed by atoms with E-state index in [2.05, 4.69) is 10.3 Å². The molecule has 0 aliphatic rings. The number of nitrogens with two attached hydrogens (primary N) is 1. The molecule has 0 heterocycles. The number of amides is 1. The minimum absolute atomic E-state index is 0.0305. The fraction of sp³-hybridized carbons (Fsp3) is 0.385. The summed E-state index contributed by atoms with van der Waals surface area (Å²) in [6.07, 6.45) is 0.734. The first kappa shape index (κ1) is 16.1. The van der Waals surface area contributed by atoms with Crippen molar-refractivity contribution in [1.82, 2.24) is 11.0 Å². The number of hydrazine groups is 1. The number of carbonyl (C=O) groups excluding carboxylic acids is 2. The molecule has 1 amide bonds. The number of nitrogens with one attached hydrogen (secondary N) is 2. The second-order valence-electron chi connectivity index (χ2n) is 4.40. The Balaban J connectivity index is 2.39. The van der Waals surface area contributed by atoms with Gasteiger partial charge in [0.25, 0.3) is 5.91 Å². The Labute approximate surface area is 116 Å². The summed E-state index contributed by atoms with van der Waals surface area (Å²) >= 11 is 0. The maximum absolute atomic E-state index is 12.7. The van der Waals surface area contributed by atoms with Crippen LogP contribution in [0.5, 0.6) is 0 Å². The molecule has 0 aromatic heterocycles. The van der Waals surface area contributed by atoms with Crippen molar-refractivity contribution in [3.8, 4) is 0 Å². The minimum Gasteiger partial charge on any atom is -0.349 e. The normalized spacial score (nSPS) is 13.4. The zero-order chi connectivity index (χ0) is 15.1. The molecule has 0 fully saturated rings. The molecule has 20 heavy (non-hydrogen) atoms. The molecule has 0 aliphatic heterocycles. The van der Waals surface area contributed by atoms with E-state index in [9.17, 15) is 14.0 Å². The average molecular weight is 283 g/mol. The first-order valence-electron chi connectivity index (χ1n) is 6.22. The molecule has 1 aromatic rings. The zero-order valence-corrected chi connectivity index (χ0v) is 11.4. The summed E-state index contributed by atoms with van der Waals surface area (Å²) in [7, 11) is 0. The smallest absolute Gasteiger partial charge is 0.343 e. The Bertz CT molecular complexity index is 464. The van der Waals surface area contributed by atoms with Crippen LogP contribution in [-0.2, 0) is 9.63 Å². The van der Waals surface area contributed by atoms with Gasteiger partial charge in [-0.2, -0.15) is 0 Å². The van der Waals surface area contributed by atoms with E-state index in [-0.39, 0.29) is 11.5 Å². The van der Waals surface area contributed by atoms with Crippen LogP contribution < -0.4 is 16.7 Å². The van der Waals surface area contributed by atoms with E-state index < -0.39 is 23.7 Å². The van der Waals surface area contributed by atoms with Gasteiger partial charge in [0.15, 0.2) is 0 Å². The van der Waals surface area contributed by atoms with Crippen LogP contribution >= 0.6 is 0 Å². The van der Waals surface area contributed by atoms with Gasteiger partial charge >= 0.3 is 5.97 Å². The largest absolute Gasteiger partial charge is 0.349 e. The molecular weight excluding hydrogens is 265 g/mol. The fourth-order valence-electron chi connectivity index (χ4n) is 1.35. The van der Waals surface area contributed by atoms with Crippen molar-refractivity contribution in [2.75, 3.05) is 0 Å². The Morgan fingerprint density at radius 3 is 2.50 bits per heavy atom. The highest BCUT2D eigenvalue weighted by Gasteiger charge is 2.21. The third-order valence-electron chi connectivity index (χ3n) is 2.95. The van der Waals surface area contributed by atoms with Crippen molar-refractivity contribution in [1.29, 1.82) is 0 Å². The van der Waals surface area contributed by atoms with Gasteiger partial charge in [0, 0.05) is 5.56 Å². The second kappa shape index (κ2) is 7.56. The Kier molecular flexibility index (Phi) is 6.08. The van der Waals surface area contributed by atoms with Gasteiger partial charge in [-0.3, -0.25) is 10.2 Å². The molecule has 2 atom stereocenters. The van der Waals surface area contributed by atoms with Crippen LogP contribution in [0.1, 0.15) is 30.6 Å². The quantitative estimate of drug-likeness (QED) is 0.674. The molecule has 0 saturated heterocycles. The molecule has 0 bridgehead atoms. The zero-order valence-electron chi connectivity index (χ0n) is 11.4. The number of benzene rings is 1. The molecule has 110 valence electrons. The van der Waals surface area contributed by atoms with Gasteiger partial charge in [-0.05, 0) is 30.2 Å². The van der Waals surface area contributed by atoms with Crippen LogP contribution in [0.25, 0.3) is 0 Å². The van der Waals surface area contributed by atoms with Crippen molar-refractivity contribution in [3.63, 3.8) is 0 Å². The van der Waals surface area contributed by atoms with Gasteiger partial charge in [-0.15, -0.1) is 0 Å². The second-order valence-corrected chi connectivity index (χ2v) is 4.40. The topological polar surface area (TPSA) is 93.5 Å². The van der Waals surface area contributed by atoms with E-state index in [0.717, 1.165) is 18.6 Å². The van der Waals surface area contributed by atoms with E-state index in [4.69, 9.17) is 5.73 Å². The van der Waals surface area contributed by atoms with Gasteiger partial charge in [-0.1, -0.05) is 25.9 Å². The van der Waals surface area contributed by atoms with Crippen LogP contribution in [-0.4, -0.2) is 17.9 Å². The van der Waals surface area contributed by atoms with Gasteiger partial charge in [-0.25, -0.2) is 9.18 Å². The average Bonchev–Trinajstić information content (AvgIpc) is 2.45. The molecule has 7 heteroatoms. The summed E-state index contributed by atoms with van der Waals surface area (Å²) in [6.45, 7) is 3.73. The summed E-state index contributed by atoms with van der Waals surface area (Å²) in [6, 6.07) is 4.15. The van der Waals surface area contributed by atoms with Crippen molar-refractivity contribution in [2.45, 2.75) is 26.3 Å². The molecular formula is C13H18FN3O3. The van der Waals surface area contributed by atoms with Gasteiger partial charge in [0.2, 0.25) is 0 Å². The maximum atomic E-state index is 12.7. The van der Waals surface area contributed by atoms with Crippen LogP contribution in [0.2, 0.25) is 0 Å². The fourth-order valence-corrected chi connectivity index (χ4v) is 1.35. The van der Waals surface area contributed by atoms with E-state index in [0.29, 0.717) is 0 Å². The molecule has 6 nitrogen and oxygen atoms in total. The Morgan fingerprint density at radius 1 is 1.35 bits per heavy atom. The van der Waals surface area contributed by atoms with E-state index in [1.165, 1.54) is 12.1 Å². The lowest BCUT2D eigenvalue weighted by atomic mass is 10.0. The summed E-state index contributed by atoms with van der Waals surface area (Å²) in [5, 5.41) is 0. The van der Waals surface area contributed by atoms with Crippen LogP contribution in [0, 0.1) is 11.7 Å². The number of rotatable bonds is 6. The van der Waals surface area contributed by atoms with Gasteiger partial charge in [0.1, 0.15) is 11.9 Å². The summed E-state index contributed by atoms with van der Waals surface area (Å²) in [4.78, 5) is 27.7. The molecule has 0 spiro atoms. The summed E-state index contributed by atoms with van der Waals surface area (Å²) < 4.78 is 12.7. The van der Waals surface area contributed by atoms with Crippen LogP contribution in [0.4, 0.5) is 4.39 Å². The molecule has 1 rings (SSSR count). The maximum Gasteiger partial charge on any atom is 0.343 e. The molecule has 4 N–H and O–H groups in total. The minimum atomic E-state index is -0.768. The number of carbonyl (C=O) groups is 2. The molecule has 1 aromatic carbocycles. The predicted octanol–water partition coefficient (Wildman–Crippen LogP) is 0.892. The first-order valence-corrected chi connectivity index (χ1v) is 6.22. The van der Waals surface area contributed by atoms with Crippen molar-refractivity contribution >= 4 is 11.9 Å². The van der Waals surface area contributed by atoms with Crippen LogP contribution in [0.3, 0.4) is 0 Å². The van der Waals surface area contributed by atoms with Gasteiger partial charge < -0.3 is 10.6 Å². The molecule has 0 radical (unpaired) electrons. The van der Waals surface area contributed by atoms with Crippen molar-refractivity contribution in [3.05, 3.63) is 35.6 Å². The Hall–Kier alpha value is -1.99. The van der Waals surface area contributed by atoms with Crippen molar-refractivity contribution < 1.29 is 18.8 Å². The summed E-state index contributed by atoms with van der Waals surface area (Å²) in [5.41, 5.74) is 10.1. The highest BCUT2D eigenvalue weighted by atomic mass is 19.1. The lowest BCUT2D eigenvalue weighted by molar-refractivity contribution is -0.155. The first-order chi connectivity index (χ1) is 9.45. The number of hydrogen-bond donors (Lipinski definition) is 3. The summed E-state index contributed by atoms with van der Waals surface area (Å²) in [5.74, 6) is -1.70.